The van der Waals surface area contributed by atoms with Gasteiger partial charge in [0.1, 0.15) is 0 Å². The molecule has 0 spiro atoms. The average Bonchev–Trinajstić information content (AvgIpc) is 2.38. The van der Waals surface area contributed by atoms with Crippen LogP contribution in [-0.2, 0) is 6.42 Å². The average molecular weight is 212 g/mol. The van der Waals surface area contributed by atoms with E-state index in [4.69, 9.17) is 0 Å². The molecule has 0 aromatic heterocycles. The molecule has 0 saturated heterocycles. The first-order valence-corrected chi connectivity index (χ1v) is 5.40. The Morgan fingerprint density at radius 2 is 1.38 bits per heavy atom. The van der Waals surface area contributed by atoms with Crippen LogP contribution in [0.1, 0.15) is 5.56 Å². The number of rotatable bonds is 4. The number of anilines is 1. The second-order valence-electron chi connectivity index (χ2n) is 3.67. The van der Waals surface area contributed by atoms with Crippen molar-refractivity contribution in [2.75, 3.05) is 11.6 Å². The molecular formula is C14H14NO-. The number of benzene rings is 2. The van der Waals surface area contributed by atoms with Crippen LogP contribution >= 0.6 is 0 Å². The number of hydrogen-bond acceptors (Lipinski definition) is 2. The topological polar surface area (TPSA) is 26.3 Å². The summed E-state index contributed by atoms with van der Waals surface area (Å²) >= 11 is 0. The van der Waals surface area contributed by atoms with E-state index < -0.39 is 0 Å². The Morgan fingerprint density at radius 3 is 2.00 bits per heavy atom. The van der Waals surface area contributed by atoms with Gasteiger partial charge in [-0.2, -0.15) is 0 Å². The minimum atomic E-state index is 0.494. The van der Waals surface area contributed by atoms with Crippen LogP contribution in [-0.4, -0.2) is 6.54 Å². The molecule has 0 radical (unpaired) electrons. The molecule has 0 fully saturated rings. The highest BCUT2D eigenvalue weighted by Gasteiger charge is 1.95. The maximum Gasteiger partial charge on any atom is 0.0259 e. The van der Waals surface area contributed by atoms with E-state index in [1.165, 1.54) is 5.56 Å². The molecule has 2 nitrogen and oxygen atoms in total. The molecule has 0 saturated carbocycles. The molecule has 0 aliphatic rings. The zero-order chi connectivity index (χ0) is 11.2. The van der Waals surface area contributed by atoms with E-state index in [-0.39, 0.29) is 0 Å². The zero-order valence-corrected chi connectivity index (χ0v) is 9.04. The molecule has 2 aromatic carbocycles. The van der Waals surface area contributed by atoms with Gasteiger partial charge in [-0.15, -0.1) is 0 Å². The molecule has 0 amide bonds. The molecule has 0 atom stereocenters. The minimum absolute atomic E-state index is 0.494. The van der Waals surface area contributed by atoms with Gasteiger partial charge in [-0.1, -0.05) is 48.5 Å². The predicted octanol–water partition coefficient (Wildman–Crippen LogP) is 3.23. The normalized spacial score (nSPS) is 10.1. The van der Waals surface area contributed by atoms with Gasteiger partial charge in [0.25, 0.3) is 0 Å². The number of hydroxylamine groups is 1. The highest BCUT2D eigenvalue weighted by atomic mass is 16.5. The third-order valence-corrected chi connectivity index (χ3v) is 2.49. The van der Waals surface area contributed by atoms with Crippen molar-refractivity contribution in [3.63, 3.8) is 0 Å². The van der Waals surface area contributed by atoms with Crippen molar-refractivity contribution in [3.05, 3.63) is 71.4 Å². The first-order valence-electron chi connectivity index (χ1n) is 5.40. The molecule has 0 N–H and O–H groups in total. The quantitative estimate of drug-likeness (QED) is 0.727. The summed E-state index contributed by atoms with van der Waals surface area (Å²) < 4.78 is 0. The molecule has 0 unspecified atom stereocenters. The van der Waals surface area contributed by atoms with Crippen molar-refractivity contribution in [3.8, 4) is 0 Å². The number of hydrogen-bond donors (Lipinski definition) is 0. The second-order valence-corrected chi connectivity index (χ2v) is 3.67. The highest BCUT2D eigenvalue weighted by Crippen LogP contribution is 2.12. The second kappa shape index (κ2) is 5.33. The van der Waals surface area contributed by atoms with Gasteiger partial charge in [0, 0.05) is 12.2 Å². The number of nitrogens with zero attached hydrogens (tertiary/aromatic N) is 1. The summed E-state index contributed by atoms with van der Waals surface area (Å²) in [7, 11) is 0. The van der Waals surface area contributed by atoms with Gasteiger partial charge < -0.3 is 10.3 Å². The third-order valence-electron chi connectivity index (χ3n) is 2.49. The van der Waals surface area contributed by atoms with Crippen molar-refractivity contribution in [1.82, 2.24) is 0 Å². The fourth-order valence-electron chi connectivity index (χ4n) is 1.60. The maximum atomic E-state index is 11.7. The minimum Gasteiger partial charge on any atom is -0.758 e. The summed E-state index contributed by atoms with van der Waals surface area (Å²) in [4.78, 5) is 0. The van der Waals surface area contributed by atoms with Crippen LogP contribution in [0.25, 0.3) is 0 Å². The van der Waals surface area contributed by atoms with E-state index in [1.54, 1.807) is 0 Å². The van der Waals surface area contributed by atoms with Crippen molar-refractivity contribution < 1.29 is 0 Å². The smallest absolute Gasteiger partial charge is 0.0259 e. The summed E-state index contributed by atoms with van der Waals surface area (Å²) in [5, 5.41) is 12.8. The molecule has 16 heavy (non-hydrogen) atoms. The van der Waals surface area contributed by atoms with Crippen molar-refractivity contribution >= 4 is 5.69 Å². The van der Waals surface area contributed by atoms with Crippen molar-refractivity contribution in [2.24, 2.45) is 0 Å². The van der Waals surface area contributed by atoms with Gasteiger partial charge in [-0.3, -0.25) is 0 Å². The summed E-state index contributed by atoms with van der Waals surface area (Å²) in [6.07, 6.45) is 0.777. The molecule has 0 aliphatic heterocycles. The SMILES string of the molecule is [O-]N(CCc1ccccc1)c1ccccc1. The fraction of sp³-hybridized carbons (Fsp3) is 0.143. The Hall–Kier alpha value is -1.80. The van der Waals surface area contributed by atoms with E-state index in [1.807, 2.05) is 60.7 Å². The zero-order valence-electron chi connectivity index (χ0n) is 9.04. The van der Waals surface area contributed by atoms with E-state index in [0.717, 1.165) is 17.2 Å². The Labute approximate surface area is 95.7 Å². The lowest BCUT2D eigenvalue weighted by Crippen LogP contribution is -2.17. The largest absolute Gasteiger partial charge is 0.758 e. The molecular weight excluding hydrogens is 198 g/mol. The van der Waals surface area contributed by atoms with Gasteiger partial charge >= 0.3 is 0 Å². The Kier molecular flexibility index (Phi) is 3.57. The van der Waals surface area contributed by atoms with Gasteiger partial charge in [0.05, 0.1) is 0 Å². The lowest BCUT2D eigenvalue weighted by molar-refractivity contribution is 0.911. The lowest BCUT2D eigenvalue weighted by atomic mass is 10.1. The monoisotopic (exact) mass is 212 g/mol. The molecule has 2 rings (SSSR count). The Balaban J connectivity index is 1.92. The third kappa shape index (κ3) is 2.84. The van der Waals surface area contributed by atoms with Crippen LogP contribution in [0, 0.1) is 5.21 Å². The van der Waals surface area contributed by atoms with Gasteiger partial charge in [0.2, 0.25) is 0 Å². The summed E-state index contributed by atoms with van der Waals surface area (Å²) in [5.74, 6) is 0. The van der Waals surface area contributed by atoms with E-state index in [9.17, 15) is 5.21 Å². The summed E-state index contributed by atoms with van der Waals surface area (Å²) in [5.41, 5.74) is 1.91. The summed E-state index contributed by atoms with van der Waals surface area (Å²) in [6.45, 7) is 0.494. The molecule has 82 valence electrons. The van der Waals surface area contributed by atoms with Crippen molar-refractivity contribution in [1.29, 1.82) is 0 Å². The van der Waals surface area contributed by atoms with Crippen LogP contribution in [0.5, 0.6) is 0 Å². The first-order chi connectivity index (χ1) is 7.86. The molecule has 0 aliphatic carbocycles. The van der Waals surface area contributed by atoms with E-state index in [0.29, 0.717) is 6.54 Å². The maximum absolute atomic E-state index is 11.7. The van der Waals surface area contributed by atoms with Gasteiger partial charge in [-0.05, 0) is 24.1 Å². The van der Waals surface area contributed by atoms with Gasteiger partial charge in [0.15, 0.2) is 0 Å². The van der Waals surface area contributed by atoms with Crippen LogP contribution < -0.4 is 5.06 Å². The van der Waals surface area contributed by atoms with Gasteiger partial charge in [-0.25, -0.2) is 0 Å². The Morgan fingerprint density at radius 1 is 0.812 bits per heavy atom. The predicted molar refractivity (Wildman–Crippen MR) is 67.3 cm³/mol. The fourth-order valence-corrected chi connectivity index (χ4v) is 1.60. The molecule has 0 heterocycles. The first kappa shape index (κ1) is 10.7. The molecule has 2 heteroatoms. The molecule has 2 aromatic rings. The van der Waals surface area contributed by atoms with E-state index >= 15 is 0 Å². The highest BCUT2D eigenvalue weighted by molar-refractivity contribution is 5.46. The van der Waals surface area contributed by atoms with Crippen LogP contribution in [0.4, 0.5) is 5.69 Å². The molecule has 0 bridgehead atoms. The standard InChI is InChI=1S/C14H14NO/c16-15(14-9-5-2-6-10-14)12-11-13-7-3-1-4-8-13/h1-10H,11-12H2/q-1. The van der Waals surface area contributed by atoms with Crippen molar-refractivity contribution in [2.45, 2.75) is 6.42 Å². The van der Waals surface area contributed by atoms with E-state index in [2.05, 4.69) is 0 Å². The Bertz CT molecular complexity index is 413. The van der Waals surface area contributed by atoms with Crippen LogP contribution in [0.15, 0.2) is 60.7 Å². The van der Waals surface area contributed by atoms with Crippen LogP contribution in [0.2, 0.25) is 0 Å². The van der Waals surface area contributed by atoms with Crippen LogP contribution in [0.3, 0.4) is 0 Å². The number of para-hydroxylation sites is 1. The lowest BCUT2D eigenvalue weighted by Gasteiger charge is -2.30. The summed E-state index contributed by atoms with van der Waals surface area (Å²) in [6, 6.07) is 19.4.